The topological polar surface area (TPSA) is 24.9 Å². The lowest BCUT2D eigenvalue weighted by Gasteiger charge is -2.16. The minimum atomic E-state index is 0.631. The summed E-state index contributed by atoms with van der Waals surface area (Å²) in [4.78, 5) is 5.74. The van der Waals surface area contributed by atoms with Crippen LogP contribution in [0.3, 0.4) is 0 Å². The molecule has 19 heavy (non-hydrogen) atoms. The van der Waals surface area contributed by atoms with Gasteiger partial charge in [-0.1, -0.05) is 29.8 Å². The van der Waals surface area contributed by atoms with E-state index in [1.807, 2.05) is 24.6 Å². The van der Waals surface area contributed by atoms with Crippen LogP contribution in [0.2, 0.25) is 0 Å². The van der Waals surface area contributed by atoms with Gasteiger partial charge in [0.15, 0.2) is 0 Å². The van der Waals surface area contributed by atoms with E-state index in [0.29, 0.717) is 5.92 Å². The second kappa shape index (κ2) is 6.83. The lowest BCUT2D eigenvalue weighted by Crippen LogP contribution is -2.22. The van der Waals surface area contributed by atoms with E-state index in [9.17, 15) is 0 Å². The zero-order valence-electron chi connectivity index (χ0n) is 11.9. The third kappa shape index (κ3) is 4.44. The first-order chi connectivity index (χ1) is 9.17. The van der Waals surface area contributed by atoms with Gasteiger partial charge in [-0.15, -0.1) is 11.3 Å². The van der Waals surface area contributed by atoms with Crippen molar-refractivity contribution in [3.8, 4) is 0 Å². The molecule has 0 fully saturated rings. The van der Waals surface area contributed by atoms with Crippen molar-refractivity contribution in [2.24, 2.45) is 5.92 Å². The molecule has 2 aromatic rings. The van der Waals surface area contributed by atoms with Crippen molar-refractivity contribution in [1.82, 2.24) is 10.3 Å². The van der Waals surface area contributed by atoms with Gasteiger partial charge in [0, 0.05) is 11.1 Å². The number of benzene rings is 1. The Hall–Kier alpha value is -1.19. The van der Waals surface area contributed by atoms with E-state index >= 15 is 0 Å². The largest absolute Gasteiger partial charge is 0.319 e. The van der Waals surface area contributed by atoms with Gasteiger partial charge in [-0.05, 0) is 51.8 Å². The van der Waals surface area contributed by atoms with E-state index in [1.54, 1.807) is 0 Å². The van der Waals surface area contributed by atoms with Crippen LogP contribution in [0.1, 0.15) is 21.0 Å². The molecular formula is C16H22N2S. The lowest BCUT2D eigenvalue weighted by molar-refractivity contribution is 0.496. The van der Waals surface area contributed by atoms with Gasteiger partial charge in [0.1, 0.15) is 0 Å². The zero-order valence-corrected chi connectivity index (χ0v) is 12.8. The average molecular weight is 274 g/mol. The second-order valence-corrected chi connectivity index (χ2v) is 6.49. The highest BCUT2D eigenvalue weighted by Crippen LogP contribution is 2.19. The van der Waals surface area contributed by atoms with E-state index in [1.165, 1.54) is 16.0 Å². The van der Waals surface area contributed by atoms with Crippen molar-refractivity contribution in [2.45, 2.75) is 26.7 Å². The lowest BCUT2D eigenvalue weighted by atomic mass is 9.95. The molecule has 0 spiro atoms. The molecule has 2 nitrogen and oxygen atoms in total. The molecule has 2 rings (SSSR count). The molecule has 1 heterocycles. The Morgan fingerprint density at radius 1 is 1.26 bits per heavy atom. The van der Waals surface area contributed by atoms with Crippen molar-refractivity contribution in [1.29, 1.82) is 0 Å². The van der Waals surface area contributed by atoms with Crippen LogP contribution in [0.25, 0.3) is 0 Å². The van der Waals surface area contributed by atoms with Gasteiger partial charge in [0.2, 0.25) is 0 Å². The van der Waals surface area contributed by atoms with Gasteiger partial charge in [-0.3, -0.25) is 0 Å². The third-order valence-corrected chi connectivity index (χ3v) is 4.19. The highest BCUT2D eigenvalue weighted by atomic mass is 32.1. The summed E-state index contributed by atoms with van der Waals surface area (Å²) >= 11 is 1.82. The quantitative estimate of drug-likeness (QED) is 0.873. The van der Waals surface area contributed by atoms with Crippen molar-refractivity contribution in [3.63, 3.8) is 0 Å². The maximum atomic E-state index is 4.35. The van der Waals surface area contributed by atoms with E-state index < -0.39 is 0 Å². The first-order valence-electron chi connectivity index (χ1n) is 6.79. The SMILES string of the molecule is CNCC(Cc1cccc(C)c1)Cc1cnc(C)s1. The normalized spacial score (nSPS) is 12.6. The summed E-state index contributed by atoms with van der Waals surface area (Å²) < 4.78 is 0. The number of rotatable bonds is 6. The van der Waals surface area contributed by atoms with E-state index in [2.05, 4.69) is 48.4 Å². The van der Waals surface area contributed by atoms with E-state index in [4.69, 9.17) is 0 Å². The first-order valence-corrected chi connectivity index (χ1v) is 7.60. The van der Waals surface area contributed by atoms with Crippen LogP contribution in [0.5, 0.6) is 0 Å². The van der Waals surface area contributed by atoms with Gasteiger partial charge in [-0.25, -0.2) is 4.98 Å². The zero-order chi connectivity index (χ0) is 13.7. The Labute approximate surface area is 119 Å². The van der Waals surface area contributed by atoms with Crippen molar-refractivity contribution < 1.29 is 0 Å². The number of aromatic nitrogens is 1. The molecular weight excluding hydrogens is 252 g/mol. The molecule has 0 aliphatic rings. The fourth-order valence-electron chi connectivity index (χ4n) is 2.46. The summed E-state index contributed by atoms with van der Waals surface area (Å²) in [5.74, 6) is 0.631. The van der Waals surface area contributed by atoms with Crippen LogP contribution in [0, 0.1) is 19.8 Å². The van der Waals surface area contributed by atoms with Gasteiger partial charge in [0.05, 0.1) is 5.01 Å². The number of aryl methyl sites for hydroxylation is 2. The number of hydrogen-bond donors (Lipinski definition) is 1. The van der Waals surface area contributed by atoms with Crippen molar-refractivity contribution >= 4 is 11.3 Å². The number of nitrogens with zero attached hydrogens (tertiary/aromatic N) is 1. The maximum Gasteiger partial charge on any atom is 0.0896 e. The Morgan fingerprint density at radius 2 is 2.11 bits per heavy atom. The summed E-state index contributed by atoms with van der Waals surface area (Å²) in [6.45, 7) is 5.27. The molecule has 0 aliphatic carbocycles. The van der Waals surface area contributed by atoms with E-state index in [-0.39, 0.29) is 0 Å². The molecule has 1 aromatic carbocycles. The van der Waals surface area contributed by atoms with Gasteiger partial charge >= 0.3 is 0 Å². The molecule has 3 heteroatoms. The summed E-state index contributed by atoms with van der Waals surface area (Å²) in [6.07, 6.45) is 4.26. The highest BCUT2D eigenvalue weighted by molar-refractivity contribution is 7.11. The highest BCUT2D eigenvalue weighted by Gasteiger charge is 2.12. The van der Waals surface area contributed by atoms with Gasteiger partial charge < -0.3 is 5.32 Å². The Morgan fingerprint density at radius 3 is 2.74 bits per heavy atom. The minimum Gasteiger partial charge on any atom is -0.319 e. The van der Waals surface area contributed by atoms with E-state index in [0.717, 1.165) is 24.4 Å². The number of nitrogens with one attached hydrogen (secondary N) is 1. The maximum absolute atomic E-state index is 4.35. The predicted octanol–water partition coefficient (Wildman–Crippen LogP) is 3.38. The van der Waals surface area contributed by atoms with Crippen LogP contribution < -0.4 is 5.32 Å². The molecule has 1 atom stereocenters. The molecule has 0 saturated heterocycles. The smallest absolute Gasteiger partial charge is 0.0896 e. The molecule has 0 radical (unpaired) electrons. The predicted molar refractivity (Wildman–Crippen MR) is 82.9 cm³/mol. The van der Waals surface area contributed by atoms with Crippen LogP contribution in [-0.2, 0) is 12.8 Å². The minimum absolute atomic E-state index is 0.631. The summed E-state index contributed by atoms with van der Waals surface area (Å²) in [7, 11) is 2.03. The summed E-state index contributed by atoms with van der Waals surface area (Å²) in [6, 6.07) is 8.83. The standard InChI is InChI=1S/C16H22N2S/c1-12-5-4-6-14(7-12)8-15(10-17-3)9-16-11-18-13(2)19-16/h4-7,11,15,17H,8-10H2,1-3H3. The molecule has 1 aromatic heterocycles. The molecule has 0 saturated carbocycles. The van der Waals surface area contributed by atoms with Gasteiger partial charge in [-0.2, -0.15) is 0 Å². The average Bonchev–Trinajstić information content (AvgIpc) is 2.75. The van der Waals surface area contributed by atoms with Crippen LogP contribution in [0.4, 0.5) is 0 Å². The molecule has 0 bridgehead atoms. The molecule has 0 aliphatic heterocycles. The number of hydrogen-bond acceptors (Lipinski definition) is 3. The fraction of sp³-hybridized carbons (Fsp3) is 0.438. The summed E-state index contributed by atoms with van der Waals surface area (Å²) in [5.41, 5.74) is 2.77. The van der Waals surface area contributed by atoms with Gasteiger partial charge in [0.25, 0.3) is 0 Å². The Bertz CT molecular complexity index is 519. The van der Waals surface area contributed by atoms with Crippen LogP contribution in [0.15, 0.2) is 30.5 Å². The van der Waals surface area contributed by atoms with Crippen molar-refractivity contribution in [2.75, 3.05) is 13.6 Å². The molecule has 0 amide bonds. The molecule has 1 N–H and O–H groups in total. The Balaban J connectivity index is 2.03. The second-order valence-electron chi connectivity index (χ2n) is 5.17. The van der Waals surface area contributed by atoms with Crippen LogP contribution >= 0.6 is 11.3 Å². The Kier molecular flexibility index (Phi) is 5.11. The number of thiazole rings is 1. The third-order valence-electron chi connectivity index (χ3n) is 3.26. The van der Waals surface area contributed by atoms with Crippen LogP contribution in [-0.4, -0.2) is 18.6 Å². The molecule has 102 valence electrons. The van der Waals surface area contributed by atoms with Crippen molar-refractivity contribution in [3.05, 3.63) is 51.5 Å². The first kappa shape index (κ1) is 14.2. The fourth-order valence-corrected chi connectivity index (χ4v) is 3.37. The monoisotopic (exact) mass is 274 g/mol. The molecule has 1 unspecified atom stereocenters. The summed E-state index contributed by atoms with van der Waals surface area (Å²) in [5, 5.41) is 4.47.